The van der Waals surface area contributed by atoms with E-state index in [1.165, 1.54) is 18.2 Å². The summed E-state index contributed by atoms with van der Waals surface area (Å²) < 4.78 is 32.6. The van der Waals surface area contributed by atoms with Gasteiger partial charge >= 0.3 is 0 Å². The van der Waals surface area contributed by atoms with Crippen LogP contribution < -0.4 is 15.4 Å². The van der Waals surface area contributed by atoms with Gasteiger partial charge in [0, 0.05) is 25.7 Å². The first-order valence-electron chi connectivity index (χ1n) is 9.16. The zero-order valence-corrected chi connectivity index (χ0v) is 16.8. The molecule has 0 spiro atoms. The van der Waals surface area contributed by atoms with E-state index in [-0.39, 0.29) is 17.7 Å². The molecule has 0 aliphatic heterocycles. The predicted octanol–water partition coefficient (Wildman–Crippen LogP) is 3.16. The summed E-state index contributed by atoms with van der Waals surface area (Å²) in [6, 6.07) is 11.0. The van der Waals surface area contributed by atoms with Crippen LogP contribution in [-0.2, 0) is 13.1 Å². The van der Waals surface area contributed by atoms with E-state index in [1.807, 2.05) is 32.0 Å². The first kappa shape index (κ1) is 21.6. The maximum Gasteiger partial charge on any atom is 0.191 e. The highest BCUT2D eigenvalue weighted by molar-refractivity contribution is 5.79. The molecular weight excluding hydrogens is 362 g/mol. The first-order chi connectivity index (χ1) is 13.4. The van der Waals surface area contributed by atoms with Crippen LogP contribution in [0.3, 0.4) is 0 Å². The second-order valence-electron chi connectivity index (χ2n) is 6.85. The first-order valence-corrected chi connectivity index (χ1v) is 9.16. The van der Waals surface area contributed by atoms with Gasteiger partial charge in [-0.15, -0.1) is 0 Å². The van der Waals surface area contributed by atoms with Gasteiger partial charge in [0.15, 0.2) is 5.96 Å². The number of halogens is 2. The van der Waals surface area contributed by atoms with Crippen molar-refractivity contribution in [1.82, 2.24) is 15.5 Å². The topological polar surface area (TPSA) is 48.9 Å². The molecule has 0 saturated heterocycles. The average Bonchev–Trinajstić information content (AvgIpc) is 2.66. The zero-order valence-electron chi connectivity index (χ0n) is 16.8. The molecule has 0 heterocycles. The fourth-order valence-electron chi connectivity index (χ4n) is 2.63. The summed E-state index contributed by atoms with van der Waals surface area (Å²) in [4.78, 5) is 6.12. The van der Waals surface area contributed by atoms with Crippen molar-refractivity contribution in [1.29, 1.82) is 0 Å². The van der Waals surface area contributed by atoms with Crippen molar-refractivity contribution >= 4 is 5.96 Å². The number of hydrogen-bond donors (Lipinski definition) is 2. The SMILES string of the molecule is CN=C(NCc1ccc(F)c(CN(C)C)c1)NCC(C)Oc1ccc(F)cc1. The molecule has 5 nitrogen and oxygen atoms in total. The molecule has 2 aromatic rings. The van der Waals surface area contributed by atoms with Crippen LogP contribution in [-0.4, -0.2) is 44.7 Å². The molecule has 0 bridgehead atoms. The summed E-state index contributed by atoms with van der Waals surface area (Å²) in [7, 11) is 5.50. The maximum absolute atomic E-state index is 13.9. The molecule has 152 valence electrons. The Morgan fingerprint density at radius 2 is 1.82 bits per heavy atom. The molecule has 1 atom stereocenters. The van der Waals surface area contributed by atoms with E-state index in [9.17, 15) is 8.78 Å². The fourth-order valence-corrected chi connectivity index (χ4v) is 2.63. The van der Waals surface area contributed by atoms with Gasteiger partial charge in [0.05, 0.1) is 6.54 Å². The Kier molecular flexibility index (Phi) is 8.19. The predicted molar refractivity (Wildman–Crippen MR) is 108 cm³/mol. The lowest BCUT2D eigenvalue weighted by atomic mass is 10.1. The molecule has 28 heavy (non-hydrogen) atoms. The minimum Gasteiger partial charge on any atom is -0.489 e. The average molecular weight is 390 g/mol. The van der Waals surface area contributed by atoms with Crippen molar-refractivity contribution in [2.75, 3.05) is 27.7 Å². The summed E-state index contributed by atoms with van der Waals surface area (Å²) in [6.07, 6.45) is -0.137. The molecule has 2 N–H and O–H groups in total. The Labute approximate surface area is 165 Å². The highest BCUT2D eigenvalue weighted by Crippen LogP contribution is 2.13. The second kappa shape index (κ2) is 10.6. The van der Waals surface area contributed by atoms with Gasteiger partial charge in [0.1, 0.15) is 23.5 Å². The summed E-state index contributed by atoms with van der Waals surface area (Å²) in [5.74, 6) is 0.732. The Hall–Kier alpha value is -2.67. The highest BCUT2D eigenvalue weighted by Gasteiger charge is 2.08. The van der Waals surface area contributed by atoms with Gasteiger partial charge in [-0.3, -0.25) is 4.99 Å². The molecule has 0 aliphatic rings. The summed E-state index contributed by atoms with van der Waals surface area (Å²) in [5.41, 5.74) is 1.63. The lowest BCUT2D eigenvalue weighted by molar-refractivity contribution is 0.223. The van der Waals surface area contributed by atoms with Crippen molar-refractivity contribution < 1.29 is 13.5 Å². The van der Waals surface area contributed by atoms with Crippen LogP contribution in [0, 0.1) is 11.6 Å². The molecule has 0 amide bonds. The van der Waals surface area contributed by atoms with Crippen molar-refractivity contribution in [3.05, 3.63) is 65.2 Å². The normalized spacial score (nSPS) is 12.8. The highest BCUT2D eigenvalue weighted by atomic mass is 19.1. The van der Waals surface area contributed by atoms with E-state index in [2.05, 4.69) is 15.6 Å². The van der Waals surface area contributed by atoms with Crippen LogP contribution in [0.1, 0.15) is 18.1 Å². The smallest absolute Gasteiger partial charge is 0.191 e. The molecule has 0 saturated carbocycles. The Morgan fingerprint density at radius 3 is 2.46 bits per heavy atom. The lowest BCUT2D eigenvalue weighted by Gasteiger charge is -2.18. The number of nitrogens with zero attached hydrogens (tertiary/aromatic N) is 2. The van der Waals surface area contributed by atoms with E-state index in [0.717, 1.165) is 5.56 Å². The molecule has 2 rings (SSSR count). The van der Waals surface area contributed by atoms with Crippen LogP contribution >= 0.6 is 0 Å². The third-order valence-corrected chi connectivity index (χ3v) is 3.99. The number of nitrogens with one attached hydrogen (secondary N) is 2. The molecule has 7 heteroatoms. The van der Waals surface area contributed by atoms with Gasteiger partial charge in [0.25, 0.3) is 0 Å². The quantitative estimate of drug-likeness (QED) is 0.537. The molecular formula is C21H28F2N4O. The van der Waals surface area contributed by atoms with Crippen LogP contribution in [0.4, 0.5) is 8.78 Å². The third kappa shape index (κ3) is 7.15. The minimum absolute atomic E-state index is 0.137. The fraction of sp³-hybridized carbons (Fsp3) is 0.381. The van der Waals surface area contributed by atoms with Gasteiger partial charge in [-0.2, -0.15) is 0 Å². The van der Waals surface area contributed by atoms with Crippen LogP contribution in [0.5, 0.6) is 5.75 Å². The number of benzene rings is 2. The van der Waals surface area contributed by atoms with E-state index in [0.29, 0.717) is 36.9 Å². The summed E-state index contributed by atoms with van der Waals surface area (Å²) in [5, 5.41) is 6.40. The molecule has 0 fully saturated rings. The van der Waals surface area contributed by atoms with E-state index in [1.54, 1.807) is 25.2 Å². The Balaban J connectivity index is 1.83. The monoisotopic (exact) mass is 390 g/mol. The zero-order chi connectivity index (χ0) is 20.5. The largest absolute Gasteiger partial charge is 0.489 e. The second-order valence-corrected chi connectivity index (χ2v) is 6.85. The molecule has 0 radical (unpaired) electrons. The minimum atomic E-state index is -0.294. The van der Waals surface area contributed by atoms with Gasteiger partial charge < -0.3 is 20.3 Å². The standard InChI is InChI=1S/C21H28F2N4O/c1-15(28-19-8-6-18(22)7-9-19)12-25-21(24-2)26-13-16-5-10-20(23)17(11-16)14-27(3)4/h5-11,15H,12-14H2,1-4H3,(H2,24,25,26). The van der Waals surface area contributed by atoms with Crippen molar-refractivity contribution in [3.8, 4) is 5.75 Å². The third-order valence-electron chi connectivity index (χ3n) is 3.99. The van der Waals surface area contributed by atoms with E-state index >= 15 is 0 Å². The van der Waals surface area contributed by atoms with E-state index < -0.39 is 0 Å². The van der Waals surface area contributed by atoms with Crippen LogP contribution in [0.25, 0.3) is 0 Å². The number of ether oxygens (including phenoxy) is 1. The van der Waals surface area contributed by atoms with Gasteiger partial charge in [0.2, 0.25) is 0 Å². The van der Waals surface area contributed by atoms with Gasteiger partial charge in [-0.1, -0.05) is 6.07 Å². The van der Waals surface area contributed by atoms with Crippen molar-refractivity contribution in [2.24, 2.45) is 4.99 Å². The summed E-state index contributed by atoms with van der Waals surface area (Å²) >= 11 is 0. The Morgan fingerprint density at radius 1 is 1.11 bits per heavy atom. The maximum atomic E-state index is 13.9. The summed E-state index contributed by atoms with van der Waals surface area (Å²) in [6.45, 7) is 3.50. The lowest BCUT2D eigenvalue weighted by Crippen LogP contribution is -2.41. The van der Waals surface area contributed by atoms with Crippen molar-refractivity contribution in [3.63, 3.8) is 0 Å². The number of guanidine groups is 1. The Bertz CT molecular complexity index is 778. The van der Waals surface area contributed by atoms with Crippen molar-refractivity contribution in [2.45, 2.75) is 26.1 Å². The van der Waals surface area contributed by atoms with Crippen LogP contribution in [0.2, 0.25) is 0 Å². The molecule has 0 aromatic heterocycles. The van der Waals surface area contributed by atoms with Gasteiger partial charge in [-0.25, -0.2) is 8.78 Å². The molecule has 1 unspecified atom stereocenters. The number of aliphatic imine (C=N–C) groups is 1. The number of rotatable bonds is 8. The molecule has 0 aliphatic carbocycles. The van der Waals surface area contributed by atoms with Gasteiger partial charge in [-0.05, 0) is 63.0 Å². The van der Waals surface area contributed by atoms with Crippen LogP contribution in [0.15, 0.2) is 47.5 Å². The van der Waals surface area contributed by atoms with E-state index in [4.69, 9.17) is 4.74 Å². The molecule has 2 aromatic carbocycles. The number of hydrogen-bond acceptors (Lipinski definition) is 3.